The molecule has 0 aliphatic carbocycles. The summed E-state index contributed by atoms with van der Waals surface area (Å²) in [5.41, 5.74) is 0.832. The minimum Gasteiger partial charge on any atom is -0.321 e. The number of thioether (sulfide) groups is 1. The number of nitrogens with one attached hydrogen (secondary N) is 1. The first-order chi connectivity index (χ1) is 12.3. The third-order valence-electron chi connectivity index (χ3n) is 3.89. The van der Waals surface area contributed by atoms with Crippen molar-refractivity contribution in [2.24, 2.45) is 0 Å². The number of nitrogens with zero attached hydrogens (tertiary/aromatic N) is 1. The van der Waals surface area contributed by atoms with Crippen molar-refractivity contribution in [1.82, 2.24) is 4.31 Å². The van der Waals surface area contributed by atoms with Gasteiger partial charge in [0.1, 0.15) is 4.21 Å². The van der Waals surface area contributed by atoms with E-state index in [1.54, 1.807) is 30.8 Å². The molecule has 0 atom stereocenters. The molecule has 1 saturated heterocycles. The van der Waals surface area contributed by atoms with Gasteiger partial charge >= 0.3 is 0 Å². The lowest BCUT2D eigenvalue weighted by Gasteiger charge is -2.24. The summed E-state index contributed by atoms with van der Waals surface area (Å²) in [6, 6.07) is 6.11. The molecular weight excluding hydrogens is 435 g/mol. The number of halogens is 2. The van der Waals surface area contributed by atoms with Crippen LogP contribution in [0, 0.1) is 6.92 Å². The van der Waals surface area contributed by atoms with E-state index in [2.05, 4.69) is 5.32 Å². The normalized spacial score (nSPS) is 15.8. The standard InChI is InChI=1S/C16H16Cl2N2O3S3/c1-10-14(19-16(21)11-2-3-12(17)13(18)8-11)9-15(25-10)26(22,23)20-4-6-24-7-5-20/h2-3,8-9H,4-7H2,1H3,(H,19,21). The average Bonchev–Trinajstić information content (AvgIpc) is 2.99. The number of carbonyl (C=O) groups is 1. The van der Waals surface area contributed by atoms with E-state index in [4.69, 9.17) is 23.2 Å². The molecule has 2 heterocycles. The topological polar surface area (TPSA) is 66.5 Å². The van der Waals surface area contributed by atoms with Crippen LogP contribution in [0.15, 0.2) is 28.5 Å². The number of hydrogen-bond donors (Lipinski definition) is 1. The first-order valence-corrected chi connectivity index (χ1v) is 11.9. The Balaban J connectivity index is 1.81. The third-order valence-corrected chi connectivity index (χ3v) is 8.97. The minimum absolute atomic E-state index is 0.242. The van der Waals surface area contributed by atoms with Gasteiger partial charge in [-0.15, -0.1) is 11.3 Å². The van der Waals surface area contributed by atoms with Gasteiger partial charge < -0.3 is 5.32 Å². The van der Waals surface area contributed by atoms with E-state index in [9.17, 15) is 13.2 Å². The molecule has 2 aromatic rings. The van der Waals surface area contributed by atoms with Gasteiger partial charge in [-0.25, -0.2) is 8.42 Å². The fourth-order valence-electron chi connectivity index (χ4n) is 2.45. The molecular formula is C16H16Cl2N2O3S3. The predicted octanol–water partition coefficient (Wildman–Crippen LogP) is 4.35. The number of benzene rings is 1. The Bertz CT molecular complexity index is 938. The van der Waals surface area contributed by atoms with Crippen LogP contribution < -0.4 is 5.32 Å². The van der Waals surface area contributed by atoms with Crippen LogP contribution in [0.1, 0.15) is 15.2 Å². The summed E-state index contributed by atoms with van der Waals surface area (Å²) in [5, 5.41) is 3.40. The molecule has 1 aliphatic heterocycles. The van der Waals surface area contributed by atoms with Crippen LogP contribution in [0.3, 0.4) is 0 Å². The number of thiophene rings is 1. The lowest BCUT2D eigenvalue weighted by atomic mass is 10.2. The zero-order chi connectivity index (χ0) is 18.9. The molecule has 0 radical (unpaired) electrons. The zero-order valence-electron chi connectivity index (χ0n) is 13.8. The second kappa shape index (κ2) is 8.08. The van der Waals surface area contributed by atoms with Crippen LogP contribution in [0.5, 0.6) is 0 Å². The molecule has 140 valence electrons. The highest BCUT2D eigenvalue weighted by molar-refractivity contribution is 7.99. The van der Waals surface area contributed by atoms with Crippen LogP contribution in [0.4, 0.5) is 5.69 Å². The number of anilines is 1. The summed E-state index contributed by atoms with van der Waals surface area (Å²) in [4.78, 5) is 13.1. The van der Waals surface area contributed by atoms with Crippen LogP contribution in [-0.2, 0) is 10.0 Å². The fraction of sp³-hybridized carbons (Fsp3) is 0.312. The van der Waals surface area contributed by atoms with Gasteiger partial charge in [-0.05, 0) is 31.2 Å². The van der Waals surface area contributed by atoms with Gasteiger partial charge in [0.2, 0.25) is 0 Å². The van der Waals surface area contributed by atoms with Gasteiger partial charge in [0.05, 0.1) is 15.7 Å². The van der Waals surface area contributed by atoms with Gasteiger partial charge in [0, 0.05) is 35.0 Å². The van der Waals surface area contributed by atoms with Crippen molar-refractivity contribution in [2.45, 2.75) is 11.1 Å². The smallest absolute Gasteiger partial charge is 0.255 e. The van der Waals surface area contributed by atoms with Gasteiger partial charge in [-0.3, -0.25) is 4.79 Å². The highest BCUT2D eigenvalue weighted by Gasteiger charge is 2.28. The SMILES string of the molecule is Cc1sc(S(=O)(=O)N2CCSCC2)cc1NC(=O)c1ccc(Cl)c(Cl)c1. The van der Waals surface area contributed by atoms with Gasteiger partial charge in [-0.1, -0.05) is 23.2 Å². The van der Waals surface area contributed by atoms with Gasteiger partial charge in [-0.2, -0.15) is 16.1 Å². The molecule has 1 N–H and O–H groups in total. The fourth-order valence-corrected chi connectivity index (χ4v) is 6.88. The second-order valence-electron chi connectivity index (χ2n) is 5.63. The maximum atomic E-state index is 12.8. The molecule has 1 aliphatic rings. The monoisotopic (exact) mass is 450 g/mol. The first-order valence-electron chi connectivity index (χ1n) is 7.74. The Morgan fingerprint density at radius 1 is 1.15 bits per heavy atom. The highest BCUT2D eigenvalue weighted by Crippen LogP contribution is 2.33. The predicted molar refractivity (Wildman–Crippen MR) is 110 cm³/mol. The Kier molecular flexibility index (Phi) is 6.21. The molecule has 1 aromatic heterocycles. The molecule has 1 aromatic carbocycles. The van der Waals surface area contributed by atoms with E-state index in [1.807, 2.05) is 0 Å². The van der Waals surface area contributed by atoms with E-state index in [0.29, 0.717) is 29.4 Å². The summed E-state index contributed by atoms with van der Waals surface area (Å²) >= 11 is 14.7. The van der Waals surface area contributed by atoms with Crippen molar-refractivity contribution >= 4 is 67.9 Å². The molecule has 0 saturated carbocycles. The molecule has 0 unspecified atom stereocenters. The number of carbonyl (C=O) groups excluding carboxylic acids is 1. The van der Waals surface area contributed by atoms with Crippen LogP contribution in [0.2, 0.25) is 10.0 Å². The van der Waals surface area contributed by atoms with E-state index in [0.717, 1.165) is 27.7 Å². The molecule has 1 fully saturated rings. The second-order valence-corrected chi connectivity index (χ2v) is 11.1. The molecule has 3 rings (SSSR count). The summed E-state index contributed by atoms with van der Waals surface area (Å²) in [6.07, 6.45) is 0. The third kappa shape index (κ3) is 4.21. The highest BCUT2D eigenvalue weighted by atomic mass is 35.5. The number of hydrogen-bond acceptors (Lipinski definition) is 5. The summed E-state index contributed by atoms with van der Waals surface area (Å²) < 4.78 is 27.3. The summed E-state index contributed by atoms with van der Waals surface area (Å²) in [7, 11) is -3.53. The zero-order valence-corrected chi connectivity index (χ0v) is 17.8. The van der Waals surface area contributed by atoms with Gasteiger partial charge in [0.25, 0.3) is 15.9 Å². The average molecular weight is 451 g/mol. The van der Waals surface area contributed by atoms with Crippen LogP contribution in [-0.4, -0.2) is 43.2 Å². The Labute approximate surface area is 170 Å². The number of sulfonamides is 1. The Morgan fingerprint density at radius 2 is 1.85 bits per heavy atom. The maximum absolute atomic E-state index is 12.8. The number of amides is 1. The van der Waals surface area contributed by atoms with Crippen LogP contribution >= 0.6 is 46.3 Å². The quantitative estimate of drug-likeness (QED) is 0.751. The molecule has 0 bridgehead atoms. The van der Waals surface area contributed by atoms with E-state index >= 15 is 0 Å². The van der Waals surface area contributed by atoms with Crippen molar-refractivity contribution in [3.8, 4) is 0 Å². The summed E-state index contributed by atoms with van der Waals surface area (Å²) in [6.45, 7) is 2.80. The largest absolute Gasteiger partial charge is 0.321 e. The Morgan fingerprint density at radius 3 is 2.50 bits per heavy atom. The van der Waals surface area contributed by atoms with E-state index < -0.39 is 10.0 Å². The number of rotatable bonds is 4. The van der Waals surface area contributed by atoms with E-state index in [1.165, 1.54) is 16.4 Å². The molecule has 5 nitrogen and oxygen atoms in total. The van der Waals surface area contributed by atoms with Gasteiger partial charge in [0.15, 0.2) is 0 Å². The summed E-state index contributed by atoms with van der Waals surface area (Å²) in [5.74, 6) is 1.22. The van der Waals surface area contributed by atoms with E-state index in [-0.39, 0.29) is 15.1 Å². The van der Waals surface area contributed by atoms with Crippen molar-refractivity contribution in [3.63, 3.8) is 0 Å². The first kappa shape index (κ1) is 20.0. The number of aryl methyl sites for hydroxylation is 1. The Hall–Kier alpha value is -0.770. The molecule has 10 heteroatoms. The van der Waals surface area contributed by atoms with Crippen LogP contribution in [0.25, 0.3) is 0 Å². The van der Waals surface area contributed by atoms with Crippen molar-refractivity contribution in [2.75, 3.05) is 29.9 Å². The minimum atomic E-state index is -3.53. The lowest BCUT2D eigenvalue weighted by molar-refractivity contribution is 0.102. The lowest BCUT2D eigenvalue weighted by Crippen LogP contribution is -2.37. The molecule has 26 heavy (non-hydrogen) atoms. The van der Waals surface area contributed by atoms with Crippen molar-refractivity contribution in [3.05, 3.63) is 44.8 Å². The molecule has 1 amide bonds. The van der Waals surface area contributed by atoms with Crippen molar-refractivity contribution < 1.29 is 13.2 Å². The molecule has 0 spiro atoms. The van der Waals surface area contributed by atoms with Crippen molar-refractivity contribution in [1.29, 1.82) is 0 Å². The maximum Gasteiger partial charge on any atom is 0.255 e.